The van der Waals surface area contributed by atoms with Gasteiger partial charge in [0.1, 0.15) is 0 Å². The minimum Gasteiger partial charge on any atom is -0.208 e. The van der Waals surface area contributed by atoms with E-state index in [2.05, 4.69) is 4.72 Å². The molecule has 25 heavy (non-hydrogen) atoms. The van der Waals surface area contributed by atoms with Crippen LogP contribution in [-0.4, -0.2) is 8.42 Å². The maximum atomic E-state index is 12.6. The molecule has 0 aliphatic rings. The van der Waals surface area contributed by atoms with Crippen LogP contribution in [0.25, 0.3) is 6.08 Å². The van der Waals surface area contributed by atoms with Crippen LogP contribution in [0.5, 0.6) is 0 Å². The number of hydrogen-bond donors (Lipinski definition) is 1. The molecule has 0 amide bonds. The van der Waals surface area contributed by atoms with Crippen LogP contribution in [0.4, 0.5) is 0 Å². The Morgan fingerprint density at radius 1 is 0.960 bits per heavy atom. The van der Waals surface area contributed by atoms with Crippen molar-refractivity contribution >= 4 is 27.4 Å². The maximum Gasteiger partial charge on any atom is 0.234 e. The van der Waals surface area contributed by atoms with Gasteiger partial charge in [0.05, 0.1) is 6.04 Å². The second kappa shape index (κ2) is 7.78. The SMILES string of the molecule is Cc1ccc([C@@H](NS(=O)(=O)/C=C/c2ccccc2)c2cccs2)cc1. The van der Waals surface area contributed by atoms with Crippen molar-refractivity contribution in [2.45, 2.75) is 13.0 Å². The maximum absolute atomic E-state index is 12.6. The highest BCUT2D eigenvalue weighted by Gasteiger charge is 2.20. The van der Waals surface area contributed by atoms with E-state index < -0.39 is 16.1 Å². The molecule has 0 saturated carbocycles. The average Bonchev–Trinajstić information content (AvgIpc) is 3.14. The summed E-state index contributed by atoms with van der Waals surface area (Å²) in [6.07, 6.45) is 1.60. The lowest BCUT2D eigenvalue weighted by atomic mass is 10.0. The minimum absolute atomic E-state index is 0.397. The van der Waals surface area contributed by atoms with Crippen molar-refractivity contribution in [1.82, 2.24) is 4.72 Å². The Kier molecular flexibility index (Phi) is 5.48. The molecular formula is C20H19NO2S2. The quantitative estimate of drug-likeness (QED) is 0.682. The van der Waals surface area contributed by atoms with E-state index in [1.54, 1.807) is 6.08 Å². The molecule has 3 aromatic rings. The van der Waals surface area contributed by atoms with Crippen LogP contribution in [0.3, 0.4) is 0 Å². The second-order valence-electron chi connectivity index (χ2n) is 5.74. The minimum atomic E-state index is -3.59. The van der Waals surface area contributed by atoms with Gasteiger partial charge in [-0.05, 0) is 35.6 Å². The third kappa shape index (κ3) is 4.89. The van der Waals surface area contributed by atoms with Crippen molar-refractivity contribution in [3.8, 4) is 0 Å². The summed E-state index contributed by atoms with van der Waals surface area (Å²) in [5.74, 6) is 0. The third-order valence-corrected chi connectivity index (χ3v) is 5.76. The fraction of sp³-hybridized carbons (Fsp3) is 0.100. The summed E-state index contributed by atoms with van der Waals surface area (Å²) in [7, 11) is -3.59. The molecule has 0 radical (unpaired) electrons. The van der Waals surface area contributed by atoms with Crippen LogP contribution in [-0.2, 0) is 10.0 Å². The lowest BCUT2D eigenvalue weighted by Crippen LogP contribution is -2.27. The molecule has 0 saturated heterocycles. The Bertz CT molecular complexity index is 929. The van der Waals surface area contributed by atoms with Gasteiger partial charge in [0.25, 0.3) is 0 Å². The molecule has 1 atom stereocenters. The van der Waals surface area contributed by atoms with Gasteiger partial charge in [-0.25, -0.2) is 8.42 Å². The second-order valence-corrected chi connectivity index (χ2v) is 8.31. The topological polar surface area (TPSA) is 46.2 Å². The number of nitrogens with one attached hydrogen (secondary N) is 1. The lowest BCUT2D eigenvalue weighted by molar-refractivity contribution is 0.583. The van der Waals surface area contributed by atoms with Gasteiger partial charge in [-0.3, -0.25) is 0 Å². The van der Waals surface area contributed by atoms with Gasteiger partial charge < -0.3 is 0 Å². The van der Waals surface area contributed by atoms with Gasteiger partial charge in [0.15, 0.2) is 0 Å². The van der Waals surface area contributed by atoms with Crippen molar-refractivity contribution in [3.05, 3.63) is 99.1 Å². The van der Waals surface area contributed by atoms with E-state index in [1.807, 2.05) is 79.0 Å². The number of thiophene rings is 1. The van der Waals surface area contributed by atoms with Crippen molar-refractivity contribution in [1.29, 1.82) is 0 Å². The molecule has 0 bridgehead atoms. The molecule has 3 nitrogen and oxygen atoms in total. The number of benzene rings is 2. The van der Waals surface area contributed by atoms with Crippen molar-refractivity contribution in [2.24, 2.45) is 0 Å². The predicted octanol–water partition coefficient (Wildman–Crippen LogP) is 4.74. The first kappa shape index (κ1) is 17.6. The molecule has 1 aromatic heterocycles. The van der Waals surface area contributed by atoms with Crippen LogP contribution in [0, 0.1) is 6.92 Å². The van der Waals surface area contributed by atoms with Crippen molar-refractivity contribution in [3.63, 3.8) is 0 Å². The van der Waals surface area contributed by atoms with Crippen LogP contribution in [0.2, 0.25) is 0 Å². The fourth-order valence-electron chi connectivity index (χ4n) is 2.44. The number of sulfonamides is 1. The summed E-state index contributed by atoms with van der Waals surface area (Å²) in [6.45, 7) is 2.01. The van der Waals surface area contributed by atoms with E-state index in [1.165, 1.54) is 16.7 Å². The molecular weight excluding hydrogens is 350 g/mol. The molecule has 2 aromatic carbocycles. The molecule has 3 rings (SSSR count). The zero-order valence-electron chi connectivity index (χ0n) is 13.8. The van der Waals surface area contributed by atoms with E-state index >= 15 is 0 Å². The van der Waals surface area contributed by atoms with Gasteiger partial charge in [-0.2, -0.15) is 4.72 Å². The molecule has 0 fully saturated rings. The van der Waals surface area contributed by atoms with Gasteiger partial charge >= 0.3 is 0 Å². The summed E-state index contributed by atoms with van der Waals surface area (Å²) >= 11 is 1.53. The Balaban J connectivity index is 1.87. The van der Waals surface area contributed by atoms with Gasteiger partial charge in [0, 0.05) is 10.3 Å². The highest BCUT2D eigenvalue weighted by Crippen LogP contribution is 2.27. The zero-order valence-corrected chi connectivity index (χ0v) is 15.4. The Morgan fingerprint density at radius 2 is 1.68 bits per heavy atom. The first-order chi connectivity index (χ1) is 12.0. The van der Waals surface area contributed by atoms with Crippen LogP contribution in [0.1, 0.15) is 27.6 Å². The highest BCUT2D eigenvalue weighted by atomic mass is 32.2. The molecule has 0 spiro atoms. The van der Waals surface area contributed by atoms with Gasteiger partial charge in [0.2, 0.25) is 10.0 Å². The number of rotatable bonds is 6. The monoisotopic (exact) mass is 369 g/mol. The number of hydrogen-bond acceptors (Lipinski definition) is 3. The van der Waals surface area contributed by atoms with Crippen LogP contribution in [0.15, 0.2) is 77.5 Å². The summed E-state index contributed by atoms with van der Waals surface area (Å²) < 4.78 is 27.9. The summed E-state index contributed by atoms with van der Waals surface area (Å²) in [5.41, 5.74) is 2.90. The van der Waals surface area contributed by atoms with E-state index in [9.17, 15) is 8.42 Å². The largest absolute Gasteiger partial charge is 0.234 e. The van der Waals surface area contributed by atoms with Crippen LogP contribution < -0.4 is 4.72 Å². The average molecular weight is 370 g/mol. The summed E-state index contributed by atoms with van der Waals surface area (Å²) in [6, 6.07) is 20.8. The van der Waals surface area contributed by atoms with E-state index in [0.717, 1.165) is 21.6 Å². The van der Waals surface area contributed by atoms with Crippen LogP contribution >= 0.6 is 11.3 Å². The van der Waals surface area contributed by atoms with Crippen molar-refractivity contribution < 1.29 is 8.42 Å². The zero-order chi connectivity index (χ0) is 17.7. The Hall–Kier alpha value is -2.21. The highest BCUT2D eigenvalue weighted by molar-refractivity contribution is 7.92. The lowest BCUT2D eigenvalue weighted by Gasteiger charge is -2.17. The summed E-state index contributed by atoms with van der Waals surface area (Å²) in [4.78, 5) is 0.959. The molecule has 1 N–H and O–H groups in total. The standard InChI is InChI=1S/C20H19NO2S2/c1-16-9-11-18(12-10-16)20(19-8-5-14-24-19)21-25(22,23)15-13-17-6-3-2-4-7-17/h2-15,20-21H,1H3/b15-13+/t20-/m1/s1. The van der Waals surface area contributed by atoms with E-state index in [0.29, 0.717) is 0 Å². The molecule has 1 heterocycles. The molecule has 5 heteroatoms. The fourth-order valence-corrected chi connectivity index (χ4v) is 4.32. The molecule has 0 unspecified atom stereocenters. The smallest absolute Gasteiger partial charge is 0.208 e. The molecule has 0 aliphatic heterocycles. The summed E-state index contributed by atoms with van der Waals surface area (Å²) in [5, 5.41) is 3.17. The normalized spacial score (nSPS) is 13.2. The van der Waals surface area contributed by atoms with Gasteiger partial charge in [-0.15, -0.1) is 11.3 Å². The molecule has 128 valence electrons. The Morgan fingerprint density at radius 3 is 2.32 bits per heavy atom. The third-order valence-electron chi connectivity index (χ3n) is 3.76. The Labute approximate surface area is 152 Å². The first-order valence-electron chi connectivity index (χ1n) is 7.89. The first-order valence-corrected chi connectivity index (χ1v) is 10.3. The van der Waals surface area contributed by atoms with E-state index in [4.69, 9.17) is 0 Å². The number of aryl methyl sites for hydroxylation is 1. The van der Waals surface area contributed by atoms with Gasteiger partial charge in [-0.1, -0.05) is 66.2 Å². The predicted molar refractivity (Wildman–Crippen MR) is 105 cm³/mol. The molecule has 0 aliphatic carbocycles. The van der Waals surface area contributed by atoms with Crippen molar-refractivity contribution in [2.75, 3.05) is 0 Å². The van der Waals surface area contributed by atoms with E-state index in [-0.39, 0.29) is 0 Å².